The van der Waals surface area contributed by atoms with Gasteiger partial charge >= 0.3 is 0 Å². The summed E-state index contributed by atoms with van der Waals surface area (Å²) < 4.78 is 6.75. The van der Waals surface area contributed by atoms with Crippen molar-refractivity contribution in [2.24, 2.45) is 0 Å². The first kappa shape index (κ1) is 12.6. The van der Waals surface area contributed by atoms with E-state index in [2.05, 4.69) is 30.4 Å². The van der Waals surface area contributed by atoms with Gasteiger partial charge in [-0.3, -0.25) is 0 Å². The lowest BCUT2D eigenvalue weighted by atomic mass is 10.7. The first-order valence-corrected chi connectivity index (χ1v) is 6.74. The minimum absolute atomic E-state index is 0.440. The predicted molar refractivity (Wildman–Crippen MR) is 71.7 cm³/mol. The van der Waals surface area contributed by atoms with Crippen LogP contribution in [0.25, 0.3) is 5.95 Å². The van der Waals surface area contributed by atoms with E-state index in [4.69, 9.17) is 4.42 Å². The molecule has 0 radical (unpaired) electrons. The molecule has 3 aromatic rings. The molecule has 0 saturated heterocycles. The molecule has 0 aliphatic heterocycles. The molecule has 0 amide bonds. The number of aromatic nitrogens is 6. The number of anilines is 1. The number of rotatable bonds is 5. The van der Waals surface area contributed by atoms with Crippen LogP contribution in [0.15, 0.2) is 45.7 Å². The summed E-state index contributed by atoms with van der Waals surface area (Å²) in [5.74, 6) is 0.928. The molecule has 0 bridgehead atoms. The standard InChI is InChI=1S/C11H11N7OS/c1-2-12-8-15-9(18-6-3-4-14-18)17-10(16-8)20-11-13-5-7-19-11/h3-7H,2H2,1H3,(H,12,15,16,17). The maximum Gasteiger partial charge on any atom is 0.263 e. The van der Waals surface area contributed by atoms with Gasteiger partial charge in [0, 0.05) is 30.7 Å². The number of nitrogens with one attached hydrogen (secondary N) is 1. The topological polar surface area (TPSA) is 94.6 Å². The Morgan fingerprint density at radius 2 is 2.25 bits per heavy atom. The number of nitrogens with zero attached hydrogens (tertiary/aromatic N) is 6. The van der Waals surface area contributed by atoms with Crippen molar-refractivity contribution in [2.45, 2.75) is 17.3 Å². The molecule has 1 N–H and O–H groups in total. The molecule has 0 aliphatic carbocycles. The second-order valence-corrected chi connectivity index (χ2v) is 4.54. The molecule has 20 heavy (non-hydrogen) atoms. The summed E-state index contributed by atoms with van der Waals surface area (Å²) in [6.45, 7) is 2.68. The average molecular weight is 289 g/mol. The normalized spacial score (nSPS) is 10.7. The Morgan fingerprint density at radius 3 is 2.95 bits per heavy atom. The summed E-state index contributed by atoms with van der Waals surface area (Å²) in [5, 5.41) is 8.14. The van der Waals surface area contributed by atoms with Crippen molar-refractivity contribution >= 4 is 17.7 Å². The fourth-order valence-corrected chi connectivity index (χ4v) is 2.09. The molecule has 0 aliphatic rings. The molecular weight excluding hydrogens is 278 g/mol. The van der Waals surface area contributed by atoms with Crippen molar-refractivity contribution in [3.8, 4) is 5.95 Å². The fraction of sp³-hybridized carbons (Fsp3) is 0.182. The van der Waals surface area contributed by atoms with E-state index in [1.54, 1.807) is 29.3 Å². The molecule has 0 saturated carbocycles. The van der Waals surface area contributed by atoms with E-state index in [9.17, 15) is 0 Å². The maximum atomic E-state index is 5.18. The van der Waals surface area contributed by atoms with Crippen LogP contribution in [0.5, 0.6) is 0 Å². The molecule has 0 fully saturated rings. The van der Waals surface area contributed by atoms with Gasteiger partial charge in [0.1, 0.15) is 6.26 Å². The molecule has 0 unspecified atom stereocenters. The summed E-state index contributed by atoms with van der Waals surface area (Å²) in [6, 6.07) is 1.80. The van der Waals surface area contributed by atoms with Crippen molar-refractivity contribution in [3.05, 3.63) is 30.9 Å². The Balaban J connectivity index is 1.96. The van der Waals surface area contributed by atoms with Crippen molar-refractivity contribution < 1.29 is 4.42 Å². The lowest BCUT2D eigenvalue weighted by Crippen LogP contribution is -2.09. The Bertz CT molecular complexity index is 668. The van der Waals surface area contributed by atoms with Crippen molar-refractivity contribution in [2.75, 3.05) is 11.9 Å². The molecule has 102 valence electrons. The molecule has 3 rings (SSSR count). The zero-order chi connectivity index (χ0) is 13.8. The molecule has 0 atom stereocenters. The van der Waals surface area contributed by atoms with E-state index >= 15 is 0 Å². The maximum absolute atomic E-state index is 5.18. The van der Waals surface area contributed by atoms with Gasteiger partial charge < -0.3 is 9.73 Å². The zero-order valence-corrected chi connectivity index (χ0v) is 11.4. The van der Waals surface area contributed by atoms with Gasteiger partial charge in [0.25, 0.3) is 11.2 Å². The van der Waals surface area contributed by atoms with E-state index in [-0.39, 0.29) is 0 Å². The third kappa shape index (κ3) is 2.77. The van der Waals surface area contributed by atoms with Gasteiger partial charge in [-0.15, -0.1) is 0 Å². The number of hydrogen-bond acceptors (Lipinski definition) is 8. The van der Waals surface area contributed by atoms with Crippen molar-refractivity contribution in [1.82, 2.24) is 29.7 Å². The van der Waals surface area contributed by atoms with Crippen LogP contribution in [0, 0.1) is 0 Å². The molecular formula is C11H11N7OS. The Kier molecular flexibility index (Phi) is 3.59. The van der Waals surface area contributed by atoms with Crippen molar-refractivity contribution in [1.29, 1.82) is 0 Å². The van der Waals surface area contributed by atoms with Gasteiger partial charge in [-0.25, -0.2) is 9.67 Å². The molecule has 9 heteroatoms. The second kappa shape index (κ2) is 5.70. The monoisotopic (exact) mass is 289 g/mol. The number of oxazole rings is 1. The van der Waals surface area contributed by atoms with E-state index in [0.29, 0.717) is 28.8 Å². The van der Waals surface area contributed by atoms with E-state index in [0.717, 1.165) is 0 Å². The Hall–Kier alpha value is -2.42. The summed E-state index contributed by atoms with van der Waals surface area (Å²) in [6.07, 6.45) is 6.51. The summed E-state index contributed by atoms with van der Waals surface area (Å²) in [7, 11) is 0. The zero-order valence-electron chi connectivity index (χ0n) is 10.6. The van der Waals surface area contributed by atoms with E-state index in [1.165, 1.54) is 18.0 Å². The minimum atomic E-state index is 0.440. The van der Waals surface area contributed by atoms with Crippen LogP contribution in [-0.2, 0) is 0 Å². The van der Waals surface area contributed by atoms with Crippen LogP contribution < -0.4 is 5.32 Å². The lowest BCUT2D eigenvalue weighted by Gasteiger charge is -2.06. The lowest BCUT2D eigenvalue weighted by molar-refractivity contribution is 0.453. The Morgan fingerprint density at radius 1 is 1.30 bits per heavy atom. The SMILES string of the molecule is CCNc1nc(Sc2ncco2)nc(-n2cccn2)n1. The van der Waals surface area contributed by atoms with Crippen LogP contribution in [0.4, 0.5) is 5.95 Å². The first-order valence-electron chi connectivity index (χ1n) is 5.92. The highest BCUT2D eigenvalue weighted by atomic mass is 32.2. The quantitative estimate of drug-likeness (QED) is 0.757. The summed E-state index contributed by atoms with van der Waals surface area (Å²) >= 11 is 1.22. The molecule has 3 heterocycles. The van der Waals surface area contributed by atoms with Crippen LogP contribution in [0.1, 0.15) is 6.92 Å². The molecule has 0 aromatic carbocycles. The number of hydrogen-bond donors (Lipinski definition) is 1. The van der Waals surface area contributed by atoms with E-state index < -0.39 is 0 Å². The van der Waals surface area contributed by atoms with Gasteiger partial charge in [-0.05, 0) is 13.0 Å². The smallest absolute Gasteiger partial charge is 0.263 e. The minimum Gasteiger partial charge on any atom is -0.440 e. The third-order valence-electron chi connectivity index (χ3n) is 2.24. The molecule has 0 spiro atoms. The van der Waals surface area contributed by atoms with Gasteiger partial charge in [0.15, 0.2) is 0 Å². The largest absolute Gasteiger partial charge is 0.440 e. The average Bonchev–Trinajstić information content (AvgIpc) is 3.11. The third-order valence-corrected chi connectivity index (χ3v) is 2.98. The molecule has 3 aromatic heterocycles. The van der Waals surface area contributed by atoms with Crippen molar-refractivity contribution in [3.63, 3.8) is 0 Å². The second-order valence-electron chi connectivity index (χ2n) is 3.62. The van der Waals surface area contributed by atoms with Gasteiger partial charge in [0.05, 0.1) is 6.20 Å². The Labute approximate surface area is 118 Å². The van der Waals surface area contributed by atoms with Crippen LogP contribution in [-0.4, -0.2) is 36.3 Å². The van der Waals surface area contributed by atoms with Crippen LogP contribution in [0.2, 0.25) is 0 Å². The van der Waals surface area contributed by atoms with Gasteiger partial charge in [-0.2, -0.15) is 20.1 Å². The summed E-state index contributed by atoms with van der Waals surface area (Å²) in [5.41, 5.74) is 0. The molecule has 8 nitrogen and oxygen atoms in total. The van der Waals surface area contributed by atoms with E-state index in [1.807, 2.05) is 6.92 Å². The van der Waals surface area contributed by atoms with Gasteiger partial charge in [-0.1, -0.05) is 0 Å². The summed E-state index contributed by atoms with van der Waals surface area (Å²) in [4.78, 5) is 17.0. The highest BCUT2D eigenvalue weighted by molar-refractivity contribution is 7.98. The van der Waals surface area contributed by atoms with Crippen LogP contribution >= 0.6 is 11.8 Å². The predicted octanol–water partition coefficient (Wildman–Crippen LogP) is 1.63. The fourth-order valence-electron chi connectivity index (χ4n) is 1.46. The van der Waals surface area contributed by atoms with Crippen LogP contribution in [0.3, 0.4) is 0 Å². The first-order chi connectivity index (χ1) is 9.85. The van der Waals surface area contributed by atoms with Gasteiger partial charge in [0.2, 0.25) is 11.1 Å². The highest BCUT2D eigenvalue weighted by Gasteiger charge is 2.11. The highest BCUT2D eigenvalue weighted by Crippen LogP contribution is 2.23.